The van der Waals surface area contributed by atoms with Crippen LogP contribution in [-0.2, 0) is 24.6 Å². The van der Waals surface area contributed by atoms with E-state index >= 15 is 0 Å². The molecular weight excluding hydrogens is 574 g/mol. The molecule has 0 saturated carbocycles. The van der Waals surface area contributed by atoms with Gasteiger partial charge in [0.2, 0.25) is 0 Å². The Morgan fingerprint density at radius 3 is 2.55 bits per heavy atom. The molecular formula is C23H23FN4O2Os. The molecule has 2 heterocycles. The molecule has 1 aliphatic heterocycles. The van der Waals surface area contributed by atoms with Crippen molar-refractivity contribution in [3.05, 3.63) is 72.5 Å². The summed E-state index contributed by atoms with van der Waals surface area (Å²) < 4.78 is 18.4. The average molecular weight is 597 g/mol. The van der Waals surface area contributed by atoms with Crippen molar-refractivity contribution in [1.82, 2.24) is 9.88 Å². The Balaban J connectivity index is 0.00000272. The van der Waals surface area contributed by atoms with Crippen molar-refractivity contribution in [1.29, 1.82) is 0 Å². The molecule has 1 aromatic heterocycles. The van der Waals surface area contributed by atoms with Crippen molar-refractivity contribution in [2.24, 2.45) is 5.73 Å². The first-order chi connectivity index (χ1) is 14.5. The monoisotopic (exact) mass is 598 g/mol. The largest absolute Gasteiger partial charge is 2.00 e. The van der Waals surface area contributed by atoms with E-state index in [0.29, 0.717) is 31.7 Å². The predicted molar refractivity (Wildman–Crippen MR) is 114 cm³/mol. The second-order valence-corrected chi connectivity index (χ2v) is 7.23. The number of nitrogens with two attached hydrogens (primary N) is 1. The zero-order chi connectivity index (χ0) is 21.1. The van der Waals surface area contributed by atoms with Crippen molar-refractivity contribution in [3.63, 3.8) is 0 Å². The number of nitrogens with zero attached hydrogens (tertiary/aromatic N) is 3. The number of ether oxygens (including phenoxy) is 1. The molecule has 0 bridgehead atoms. The zero-order valence-electron chi connectivity index (χ0n) is 17.1. The van der Waals surface area contributed by atoms with E-state index in [1.54, 1.807) is 24.1 Å². The Bertz CT molecular complexity index is 1040. The second kappa shape index (κ2) is 10.1. The Hall–Kier alpha value is -2.68. The summed E-state index contributed by atoms with van der Waals surface area (Å²) in [5.41, 5.74) is 8.63. The number of rotatable bonds is 5. The van der Waals surface area contributed by atoms with E-state index in [0.717, 1.165) is 22.3 Å². The first-order valence-corrected chi connectivity index (χ1v) is 9.80. The van der Waals surface area contributed by atoms with Crippen molar-refractivity contribution in [2.45, 2.75) is 6.04 Å². The van der Waals surface area contributed by atoms with Crippen LogP contribution < -0.4 is 15.4 Å². The molecule has 2 N–H and O–H groups in total. The van der Waals surface area contributed by atoms with Crippen LogP contribution in [0.15, 0.2) is 48.5 Å². The summed E-state index contributed by atoms with van der Waals surface area (Å²) in [6.45, 7) is 2.53. The summed E-state index contributed by atoms with van der Waals surface area (Å²) in [5, 5.41) is 0.882. The van der Waals surface area contributed by atoms with Gasteiger partial charge in [-0.15, -0.1) is 5.39 Å². The van der Waals surface area contributed by atoms with Crippen LogP contribution in [0.25, 0.3) is 10.9 Å². The van der Waals surface area contributed by atoms with E-state index in [1.165, 1.54) is 18.6 Å². The van der Waals surface area contributed by atoms with Gasteiger partial charge in [-0.05, 0) is 41.9 Å². The maximum absolute atomic E-state index is 13.1. The van der Waals surface area contributed by atoms with Gasteiger partial charge in [0, 0.05) is 31.9 Å². The number of fused-ring (bicyclic) bond motifs is 1. The van der Waals surface area contributed by atoms with Gasteiger partial charge in [-0.1, -0.05) is 18.3 Å². The molecule has 0 spiro atoms. The van der Waals surface area contributed by atoms with Crippen molar-refractivity contribution >= 4 is 22.5 Å². The number of pyridine rings is 1. The topological polar surface area (TPSA) is 71.7 Å². The van der Waals surface area contributed by atoms with Crippen LogP contribution in [0.5, 0.6) is 5.75 Å². The Morgan fingerprint density at radius 1 is 1.16 bits per heavy atom. The molecule has 1 atom stereocenters. The van der Waals surface area contributed by atoms with Crippen molar-refractivity contribution in [2.75, 3.05) is 38.2 Å². The van der Waals surface area contributed by atoms with E-state index in [4.69, 9.17) is 10.5 Å². The molecule has 3 aromatic rings. The van der Waals surface area contributed by atoms with E-state index in [1.807, 2.05) is 24.3 Å². The van der Waals surface area contributed by atoms with Gasteiger partial charge in [-0.25, -0.2) is 4.39 Å². The van der Waals surface area contributed by atoms with Gasteiger partial charge in [0.15, 0.2) is 0 Å². The van der Waals surface area contributed by atoms with Gasteiger partial charge in [0.25, 0.3) is 0 Å². The van der Waals surface area contributed by atoms with E-state index in [-0.39, 0.29) is 31.5 Å². The fourth-order valence-electron chi connectivity index (χ4n) is 3.56. The van der Waals surface area contributed by atoms with Gasteiger partial charge < -0.3 is 30.0 Å². The number of aromatic nitrogens is 1. The number of piperazine rings is 1. The SMILES string of the molecule is COc1ccc2n[c-]c(C(N)[CH-]C(=O)N3CCN(c4ccc(F)cc4)CC3)cc2c1.[Os+2]. The predicted octanol–water partition coefficient (Wildman–Crippen LogP) is 2.73. The van der Waals surface area contributed by atoms with Gasteiger partial charge in [0.05, 0.1) is 13.0 Å². The summed E-state index contributed by atoms with van der Waals surface area (Å²) in [6, 6.07) is 13.3. The van der Waals surface area contributed by atoms with Gasteiger partial charge in [0.1, 0.15) is 11.6 Å². The number of hydrogen-bond donors (Lipinski definition) is 1. The molecule has 1 amide bonds. The van der Waals surface area contributed by atoms with Gasteiger partial charge >= 0.3 is 19.8 Å². The van der Waals surface area contributed by atoms with E-state index < -0.39 is 6.04 Å². The second-order valence-electron chi connectivity index (χ2n) is 7.23. The molecule has 1 saturated heterocycles. The number of carbonyl (C=O) groups is 1. The molecule has 31 heavy (non-hydrogen) atoms. The quantitative estimate of drug-likeness (QED) is 0.459. The Morgan fingerprint density at radius 2 is 1.87 bits per heavy atom. The Kier molecular flexibility index (Phi) is 7.48. The molecule has 1 unspecified atom stereocenters. The van der Waals surface area contributed by atoms with Crippen LogP contribution in [-0.4, -0.2) is 49.1 Å². The first kappa shape index (κ1) is 23.0. The molecule has 6 nitrogen and oxygen atoms in total. The fraction of sp³-hybridized carbons (Fsp3) is 0.261. The number of hydrogen-bond acceptors (Lipinski definition) is 5. The smallest absolute Gasteiger partial charge is 0.497 e. The minimum Gasteiger partial charge on any atom is -0.497 e. The third-order valence-electron chi connectivity index (χ3n) is 5.32. The molecule has 4 rings (SSSR count). The van der Waals surface area contributed by atoms with Crippen LogP contribution in [0.3, 0.4) is 0 Å². The zero-order valence-corrected chi connectivity index (χ0v) is 19.6. The van der Waals surface area contributed by atoms with Gasteiger partial charge in [-0.3, -0.25) is 6.42 Å². The maximum atomic E-state index is 13.1. The van der Waals surface area contributed by atoms with Crippen molar-refractivity contribution < 1.29 is 33.7 Å². The van der Waals surface area contributed by atoms with Crippen LogP contribution >= 0.6 is 0 Å². The van der Waals surface area contributed by atoms with E-state index in [2.05, 4.69) is 16.1 Å². The molecule has 2 aromatic carbocycles. The third kappa shape index (κ3) is 5.33. The normalized spacial score (nSPS) is 14.7. The first-order valence-electron chi connectivity index (χ1n) is 9.80. The van der Waals surface area contributed by atoms with Crippen LogP contribution in [0.4, 0.5) is 10.1 Å². The number of benzene rings is 2. The van der Waals surface area contributed by atoms with Crippen LogP contribution in [0, 0.1) is 18.4 Å². The summed E-state index contributed by atoms with van der Waals surface area (Å²) in [7, 11) is 1.61. The fourth-order valence-corrected chi connectivity index (χ4v) is 3.56. The van der Waals surface area contributed by atoms with Gasteiger partial charge in [-0.2, -0.15) is 11.6 Å². The molecule has 162 valence electrons. The summed E-state index contributed by atoms with van der Waals surface area (Å²) in [6.07, 6.45) is 4.44. The van der Waals surface area contributed by atoms with Crippen LogP contribution in [0.1, 0.15) is 11.6 Å². The minimum atomic E-state index is -0.601. The Labute approximate surface area is 194 Å². The molecule has 0 radical (unpaired) electrons. The molecule has 1 fully saturated rings. The molecule has 8 heteroatoms. The molecule has 1 aliphatic rings. The average Bonchev–Trinajstić information content (AvgIpc) is 2.78. The minimum absolute atomic E-state index is 0. The van der Waals surface area contributed by atoms with Crippen LogP contribution in [0.2, 0.25) is 0 Å². The number of amides is 1. The third-order valence-corrected chi connectivity index (χ3v) is 5.32. The van der Waals surface area contributed by atoms with E-state index in [9.17, 15) is 9.18 Å². The van der Waals surface area contributed by atoms with Crippen molar-refractivity contribution in [3.8, 4) is 5.75 Å². The maximum Gasteiger partial charge on any atom is 2.00 e. The number of methoxy groups -OCH3 is 1. The molecule has 0 aliphatic carbocycles. The standard InChI is InChI=1S/C23H23FN4O2.Os/c1-30-20-6-7-22-16(13-20)12-17(15-26-22)21(25)14-23(29)28-10-8-27(9-11-28)19-4-2-18(24)3-5-19;/h2-7,12-14,21H,8-11,25H2,1H3;/q-2;+2. The summed E-state index contributed by atoms with van der Waals surface area (Å²) >= 11 is 0. The summed E-state index contributed by atoms with van der Waals surface area (Å²) in [5.74, 6) is 0.365. The summed E-state index contributed by atoms with van der Waals surface area (Å²) in [4.78, 5) is 20.9. The number of halogens is 1. The number of carbonyl (C=O) groups excluding carboxylic acids is 1. The number of anilines is 1.